The number of rotatable bonds is 5. The van der Waals surface area contributed by atoms with E-state index in [1.165, 1.54) is 43.3 Å². The third kappa shape index (κ3) is 6.05. The number of aromatic nitrogens is 4. The number of likely N-dealkylation sites (tertiary alicyclic amines) is 1. The molecule has 0 aliphatic carbocycles. The van der Waals surface area contributed by atoms with Crippen LogP contribution in [0.5, 0.6) is 0 Å². The minimum Gasteiger partial charge on any atom is -0.373 e. The Morgan fingerprint density at radius 3 is 2.55 bits per heavy atom. The molecule has 1 N–H and O–H groups in total. The van der Waals surface area contributed by atoms with E-state index in [0.29, 0.717) is 0 Å². The molecular weight excluding hydrogens is 408 g/mol. The Morgan fingerprint density at radius 2 is 1.82 bits per heavy atom. The van der Waals surface area contributed by atoms with E-state index in [1.807, 2.05) is 55.7 Å². The molecule has 1 aromatic carbocycles. The maximum atomic E-state index is 4.39. The number of anilines is 1. The second-order valence-corrected chi connectivity index (χ2v) is 8.41. The first kappa shape index (κ1) is 22.7. The fourth-order valence-electron chi connectivity index (χ4n) is 4.08. The fraction of sp³-hybridized carbons (Fsp3) is 0.296. The summed E-state index contributed by atoms with van der Waals surface area (Å²) in [5.41, 5.74) is 4.62. The molecule has 1 aliphatic heterocycles. The molecule has 0 bridgehead atoms. The van der Waals surface area contributed by atoms with Gasteiger partial charge in [-0.25, -0.2) is 4.98 Å². The van der Waals surface area contributed by atoms with E-state index in [0.717, 1.165) is 34.6 Å². The van der Waals surface area contributed by atoms with E-state index in [1.54, 1.807) is 0 Å². The molecule has 3 aromatic heterocycles. The molecule has 5 rings (SSSR count). The minimum absolute atomic E-state index is 0.880. The van der Waals surface area contributed by atoms with Crippen LogP contribution >= 0.6 is 0 Å². The van der Waals surface area contributed by atoms with Crippen molar-refractivity contribution < 1.29 is 0 Å². The SMILES string of the molecule is C=Cc1ccnc(CN2CCCCC2)c1.CNc1cc2cc(-c3cnn(C)c3)ccc2cn1. The monoisotopic (exact) mass is 440 g/mol. The van der Waals surface area contributed by atoms with Crippen LogP contribution in [0, 0.1) is 0 Å². The highest BCUT2D eigenvalue weighted by Gasteiger charge is 2.10. The molecule has 33 heavy (non-hydrogen) atoms. The highest BCUT2D eigenvalue weighted by molar-refractivity contribution is 5.88. The van der Waals surface area contributed by atoms with Crippen molar-refractivity contribution >= 4 is 22.7 Å². The maximum Gasteiger partial charge on any atom is 0.126 e. The Balaban J connectivity index is 0.000000160. The Hall–Kier alpha value is -3.51. The van der Waals surface area contributed by atoms with Gasteiger partial charge in [0.15, 0.2) is 0 Å². The molecule has 0 unspecified atom stereocenters. The van der Waals surface area contributed by atoms with Crippen LogP contribution in [-0.4, -0.2) is 44.8 Å². The van der Waals surface area contributed by atoms with Crippen molar-refractivity contribution in [2.75, 3.05) is 25.5 Å². The molecule has 1 saturated heterocycles. The summed E-state index contributed by atoms with van der Waals surface area (Å²) in [6, 6.07) is 12.5. The van der Waals surface area contributed by atoms with Gasteiger partial charge in [-0.15, -0.1) is 0 Å². The standard InChI is InChI=1S/C14H14N4.C13H18N2/c1-15-14-6-12-5-10(3-4-11(12)7-16-14)13-8-17-18(2)9-13;1-2-12-6-7-14-13(10-12)11-15-8-4-3-5-9-15/h3-9H,1-2H3,(H,15,16);2,6-7,10H,1,3-5,8-9,11H2. The summed E-state index contributed by atoms with van der Waals surface area (Å²) in [4.78, 5) is 11.2. The minimum atomic E-state index is 0.880. The zero-order valence-corrected chi connectivity index (χ0v) is 19.5. The molecule has 6 heteroatoms. The number of pyridine rings is 2. The van der Waals surface area contributed by atoms with Crippen molar-refractivity contribution in [2.45, 2.75) is 25.8 Å². The summed E-state index contributed by atoms with van der Waals surface area (Å²) >= 11 is 0. The Kier molecular flexibility index (Phi) is 7.47. The molecule has 4 heterocycles. The zero-order chi connectivity index (χ0) is 23.0. The Morgan fingerprint density at radius 1 is 0.970 bits per heavy atom. The summed E-state index contributed by atoms with van der Waals surface area (Å²) in [7, 11) is 3.80. The number of aryl methyl sites for hydroxylation is 1. The quantitative estimate of drug-likeness (QED) is 0.451. The first-order valence-electron chi connectivity index (χ1n) is 11.5. The molecule has 0 amide bonds. The van der Waals surface area contributed by atoms with Crippen molar-refractivity contribution in [3.8, 4) is 11.1 Å². The third-order valence-electron chi connectivity index (χ3n) is 5.93. The largest absolute Gasteiger partial charge is 0.373 e. The Bertz CT molecular complexity index is 1210. The highest BCUT2D eigenvalue weighted by Crippen LogP contribution is 2.25. The van der Waals surface area contributed by atoms with Crippen molar-refractivity contribution in [1.29, 1.82) is 0 Å². The predicted molar refractivity (Wildman–Crippen MR) is 137 cm³/mol. The van der Waals surface area contributed by atoms with E-state index >= 15 is 0 Å². The van der Waals surface area contributed by atoms with Crippen LogP contribution < -0.4 is 5.32 Å². The van der Waals surface area contributed by atoms with Crippen molar-refractivity contribution in [2.24, 2.45) is 7.05 Å². The van der Waals surface area contributed by atoms with E-state index in [2.05, 4.69) is 62.2 Å². The Labute approximate surface area is 196 Å². The highest BCUT2D eigenvalue weighted by atomic mass is 15.2. The van der Waals surface area contributed by atoms with Gasteiger partial charge < -0.3 is 5.32 Å². The lowest BCUT2D eigenvalue weighted by Crippen LogP contribution is -2.29. The summed E-state index contributed by atoms with van der Waals surface area (Å²) in [6.07, 6.45) is 13.6. The van der Waals surface area contributed by atoms with Crippen LogP contribution in [0.3, 0.4) is 0 Å². The summed E-state index contributed by atoms with van der Waals surface area (Å²) in [5, 5.41) is 9.57. The number of fused-ring (bicyclic) bond motifs is 1. The summed E-state index contributed by atoms with van der Waals surface area (Å²) in [5.74, 6) is 0.880. The molecule has 6 nitrogen and oxygen atoms in total. The predicted octanol–water partition coefficient (Wildman–Crippen LogP) is 5.39. The van der Waals surface area contributed by atoms with E-state index in [4.69, 9.17) is 0 Å². The maximum absolute atomic E-state index is 4.39. The fourth-order valence-corrected chi connectivity index (χ4v) is 4.08. The normalized spacial score (nSPS) is 13.9. The van der Waals surface area contributed by atoms with E-state index in [-0.39, 0.29) is 0 Å². The van der Waals surface area contributed by atoms with Gasteiger partial charge in [-0.1, -0.05) is 31.2 Å². The first-order valence-corrected chi connectivity index (χ1v) is 11.5. The first-order chi connectivity index (χ1) is 16.1. The molecule has 4 aromatic rings. The van der Waals surface area contributed by atoms with Gasteiger partial charge in [-0.3, -0.25) is 14.6 Å². The van der Waals surface area contributed by atoms with Crippen LogP contribution in [-0.2, 0) is 13.6 Å². The van der Waals surface area contributed by atoms with Crippen LogP contribution in [0.25, 0.3) is 28.0 Å². The third-order valence-corrected chi connectivity index (χ3v) is 5.93. The van der Waals surface area contributed by atoms with Crippen LogP contribution in [0.4, 0.5) is 5.82 Å². The molecule has 170 valence electrons. The molecule has 1 fully saturated rings. The van der Waals surface area contributed by atoms with Gasteiger partial charge in [-0.05, 0) is 66.7 Å². The number of benzene rings is 1. The molecule has 0 atom stereocenters. The average molecular weight is 441 g/mol. The summed E-state index contributed by atoms with van der Waals surface area (Å²) < 4.78 is 1.81. The second kappa shape index (κ2) is 10.9. The summed E-state index contributed by atoms with van der Waals surface area (Å²) in [6.45, 7) is 7.21. The van der Waals surface area contributed by atoms with Crippen LogP contribution in [0.2, 0.25) is 0 Å². The van der Waals surface area contributed by atoms with Gasteiger partial charge in [0.2, 0.25) is 0 Å². The van der Waals surface area contributed by atoms with E-state index in [9.17, 15) is 0 Å². The average Bonchev–Trinajstić information content (AvgIpc) is 3.30. The topological polar surface area (TPSA) is 58.9 Å². The molecule has 1 aliphatic rings. The van der Waals surface area contributed by atoms with Crippen molar-refractivity contribution in [3.05, 3.63) is 79.0 Å². The number of nitrogens with zero attached hydrogens (tertiary/aromatic N) is 5. The number of nitrogens with one attached hydrogen (secondary N) is 1. The van der Waals surface area contributed by atoms with Crippen LogP contribution in [0.1, 0.15) is 30.5 Å². The zero-order valence-electron chi connectivity index (χ0n) is 19.5. The number of hydrogen-bond acceptors (Lipinski definition) is 5. The van der Waals surface area contributed by atoms with Crippen LogP contribution in [0.15, 0.2) is 67.8 Å². The molecular formula is C27H32N6. The second-order valence-electron chi connectivity index (χ2n) is 8.41. The molecule has 0 spiro atoms. The lowest BCUT2D eigenvalue weighted by Gasteiger charge is -2.25. The van der Waals surface area contributed by atoms with Gasteiger partial charge in [0.1, 0.15) is 5.82 Å². The smallest absolute Gasteiger partial charge is 0.126 e. The van der Waals surface area contributed by atoms with Gasteiger partial charge >= 0.3 is 0 Å². The molecule has 0 radical (unpaired) electrons. The van der Waals surface area contributed by atoms with Gasteiger partial charge in [-0.2, -0.15) is 5.10 Å². The van der Waals surface area contributed by atoms with Crippen molar-refractivity contribution in [1.82, 2.24) is 24.6 Å². The lowest BCUT2D eigenvalue weighted by molar-refractivity contribution is 0.218. The number of hydrogen-bond donors (Lipinski definition) is 1. The van der Waals surface area contributed by atoms with Crippen molar-refractivity contribution in [3.63, 3.8) is 0 Å². The lowest BCUT2D eigenvalue weighted by atomic mass is 10.1. The van der Waals surface area contributed by atoms with Gasteiger partial charge in [0.05, 0.1) is 11.9 Å². The molecule has 0 saturated carbocycles. The van der Waals surface area contributed by atoms with E-state index < -0.39 is 0 Å². The number of piperidine rings is 1. The van der Waals surface area contributed by atoms with Gasteiger partial charge in [0, 0.05) is 50.2 Å². The van der Waals surface area contributed by atoms with Gasteiger partial charge in [0.25, 0.3) is 0 Å².